The molecule has 0 unspecified atom stereocenters. The van der Waals surface area contributed by atoms with Gasteiger partial charge in [-0.05, 0) is 43.5 Å². The van der Waals surface area contributed by atoms with Crippen LogP contribution in [0.3, 0.4) is 0 Å². The summed E-state index contributed by atoms with van der Waals surface area (Å²) in [6, 6.07) is 9.08. The molecule has 0 bridgehead atoms. The lowest BCUT2D eigenvalue weighted by Crippen LogP contribution is -2.26. The molecule has 1 N–H and O–H groups in total. The Morgan fingerprint density at radius 1 is 1.32 bits per heavy atom. The summed E-state index contributed by atoms with van der Waals surface area (Å²) in [6.07, 6.45) is 2.54. The van der Waals surface area contributed by atoms with Crippen LogP contribution < -0.4 is 10.2 Å². The number of hydrogen-bond donors (Lipinski definition) is 1. The predicted octanol–water partition coefficient (Wildman–Crippen LogP) is 2.43. The van der Waals surface area contributed by atoms with Crippen molar-refractivity contribution in [3.8, 4) is 0 Å². The van der Waals surface area contributed by atoms with Crippen molar-refractivity contribution in [2.45, 2.75) is 32.0 Å². The van der Waals surface area contributed by atoms with Gasteiger partial charge in [-0.25, -0.2) is 0 Å². The summed E-state index contributed by atoms with van der Waals surface area (Å²) in [5.41, 5.74) is 0.984. The van der Waals surface area contributed by atoms with Gasteiger partial charge in [0.1, 0.15) is 0 Å². The summed E-state index contributed by atoms with van der Waals surface area (Å²) in [5.74, 6) is 0.996. The van der Waals surface area contributed by atoms with Gasteiger partial charge >= 0.3 is 0 Å². The van der Waals surface area contributed by atoms with E-state index in [2.05, 4.69) is 50.1 Å². The van der Waals surface area contributed by atoms with Crippen LogP contribution in [0, 0.1) is 0 Å². The smallest absolute Gasteiger partial charge is 0.151 e. The molecule has 4 nitrogen and oxygen atoms in total. The average Bonchev–Trinajstić information content (AvgIpc) is 3.15. The van der Waals surface area contributed by atoms with Crippen LogP contribution >= 0.6 is 11.3 Å². The molecule has 2 aromatic heterocycles. The maximum atomic E-state index is 4.38. The van der Waals surface area contributed by atoms with Crippen molar-refractivity contribution in [3.63, 3.8) is 0 Å². The molecule has 0 aromatic carbocycles. The van der Waals surface area contributed by atoms with E-state index >= 15 is 0 Å². The van der Waals surface area contributed by atoms with Crippen LogP contribution in [0.4, 0.5) is 5.82 Å². The summed E-state index contributed by atoms with van der Waals surface area (Å²) in [4.78, 5) is 3.76. The van der Waals surface area contributed by atoms with Crippen LogP contribution in [0.5, 0.6) is 0 Å². The Morgan fingerprint density at radius 3 is 2.79 bits per heavy atom. The number of aromatic nitrogens is 2. The van der Waals surface area contributed by atoms with Crippen LogP contribution in [0.25, 0.3) is 0 Å². The quantitative estimate of drug-likeness (QED) is 0.878. The number of thiophene rings is 1. The first-order valence-electron chi connectivity index (χ1n) is 6.63. The van der Waals surface area contributed by atoms with Gasteiger partial charge in [0.15, 0.2) is 5.82 Å². The fourth-order valence-corrected chi connectivity index (χ4v) is 2.84. The molecule has 1 aliphatic carbocycles. The fourth-order valence-electron chi connectivity index (χ4n) is 2.14. The molecule has 1 saturated carbocycles. The van der Waals surface area contributed by atoms with E-state index in [9.17, 15) is 0 Å². The first kappa shape index (κ1) is 12.6. The van der Waals surface area contributed by atoms with E-state index in [1.165, 1.54) is 17.7 Å². The molecule has 0 radical (unpaired) electrons. The fraction of sp³-hybridized carbons (Fsp3) is 0.429. The Labute approximate surface area is 117 Å². The molecular weight excluding hydrogens is 256 g/mol. The van der Waals surface area contributed by atoms with E-state index < -0.39 is 0 Å². The number of hydrogen-bond acceptors (Lipinski definition) is 5. The standard InChI is InChI=1S/C14H18N4S/c1-15-9-11-4-7-14(17-16-11)18(12-5-6-12)10-13-3-2-8-19-13/h2-4,7-8,12,15H,5-6,9-10H2,1H3. The Morgan fingerprint density at radius 2 is 2.21 bits per heavy atom. The topological polar surface area (TPSA) is 41.0 Å². The van der Waals surface area contributed by atoms with E-state index in [1.54, 1.807) is 11.3 Å². The van der Waals surface area contributed by atoms with Crippen molar-refractivity contribution < 1.29 is 0 Å². The molecule has 3 rings (SSSR count). The first-order chi connectivity index (χ1) is 9.36. The van der Waals surface area contributed by atoms with Crippen LogP contribution in [0.15, 0.2) is 29.6 Å². The highest BCUT2D eigenvalue weighted by atomic mass is 32.1. The van der Waals surface area contributed by atoms with Gasteiger partial charge in [-0.2, -0.15) is 5.10 Å². The minimum Gasteiger partial charge on any atom is -0.347 e. The molecule has 0 saturated heterocycles. The molecule has 19 heavy (non-hydrogen) atoms. The van der Waals surface area contributed by atoms with Crippen LogP contribution in [-0.2, 0) is 13.1 Å². The Balaban J connectivity index is 1.76. The maximum absolute atomic E-state index is 4.38. The third-order valence-electron chi connectivity index (χ3n) is 3.25. The highest BCUT2D eigenvalue weighted by Crippen LogP contribution is 2.32. The monoisotopic (exact) mass is 274 g/mol. The minimum absolute atomic E-state index is 0.645. The number of nitrogens with zero attached hydrogens (tertiary/aromatic N) is 3. The van der Waals surface area contributed by atoms with E-state index in [1.807, 2.05) is 7.05 Å². The lowest BCUT2D eigenvalue weighted by Gasteiger charge is -2.22. The molecule has 5 heteroatoms. The summed E-state index contributed by atoms with van der Waals surface area (Å²) < 4.78 is 0. The predicted molar refractivity (Wildman–Crippen MR) is 78.3 cm³/mol. The van der Waals surface area contributed by atoms with Crippen LogP contribution in [0.1, 0.15) is 23.4 Å². The van der Waals surface area contributed by atoms with Gasteiger partial charge in [0.2, 0.25) is 0 Å². The summed E-state index contributed by atoms with van der Waals surface area (Å²) in [6.45, 7) is 1.71. The zero-order valence-corrected chi connectivity index (χ0v) is 11.9. The Hall–Kier alpha value is -1.46. The Kier molecular flexibility index (Phi) is 3.75. The zero-order valence-electron chi connectivity index (χ0n) is 11.0. The molecular formula is C14H18N4S. The minimum atomic E-state index is 0.645. The van der Waals surface area contributed by atoms with Crippen molar-refractivity contribution in [2.24, 2.45) is 0 Å². The summed E-state index contributed by atoms with van der Waals surface area (Å²) in [5, 5.41) is 13.9. The summed E-state index contributed by atoms with van der Waals surface area (Å²) >= 11 is 1.80. The van der Waals surface area contributed by atoms with Gasteiger partial charge in [-0.15, -0.1) is 16.4 Å². The van der Waals surface area contributed by atoms with Gasteiger partial charge < -0.3 is 10.2 Å². The van der Waals surface area contributed by atoms with Gasteiger partial charge in [0.25, 0.3) is 0 Å². The number of nitrogens with one attached hydrogen (secondary N) is 1. The van der Waals surface area contributed by atoms with Crippen molar-refractivity contribution >= 4 is 17.2 Å². The second-order valence-corrected chi connectivity index (χ2v) is 5.88. The highest BCUT2D eigenvalue weighted by molar-refractivity contribution is 7.09. The molecule has 0 atom stereocenters. The molecule has 100 valence electrons. The van der Waals surface area contributed by atoms with Crippen molar-refractivity contribution in [2.75, 3.05) is 11.9 Å². The van der Waals surface area contributed by atoms with Crippen LogP contribution in [0.2, 0.25) is 0 Å². The second-order valence-electron chi connectivity index (χ2n) is 4.85. The highest BCUT2D eigenvalue weighted by Gasteiger charge is 2.30. The van der Waals surface area contributed by atoms with Crippen molar-refractivity contribution in [1.29, 1.82) is 0 Å². The van der Waals surface area contributed by atoms with E-state index in [0.29, 0.717) is 6.04 Å². The molecule has 1 fully saturated rings. The van der Waals surface area contributed by atoms with Crippen LogP contribution in [-0.4, -0.2) is 23.3 Å². The first-order valence-corrected chi connectivity index (χ1v) is 7.51. The normalized spacial score (nSPS) is 14.6. The van der Waals surface area contributed by atoms with Gasteiger partial charge in [-0.1, -0.05) is 6.07 Å². The second kappa shape index (κ2) is 5.67. The van der Waals surface area contributed by atoms with E-state index in [-0.39, 0.29) is 0 Å². The van der Waals surface area contributed by atoms with Crippen molar-refractivity contribution in [3.05, 3.63) is 40.2 Å². The lowest BCUT2D eigenvalue weighted by molar-refractivity contribution is 0.738. The molecule has 2 heterocycles. The third-order valence-corrected chi connectivity index (χ3v) is 4.11. The van der Waals surface area contributed by atoms with Crippen molar-refractivity contribution in [1.82, 2.24) is 15.5 Å². The zero-order chi connectivity index (χ0) is 13.1. The molecule has 0 aliphatic heterocycles. The number of rotatable bonds is 6. The molecule has 0 amide bonds. The molecule has 1 aliphatic rings. The lowest BCUT2D eigenvalue weighted by atomic mass is 10.3. The SMILES string of the molecule is CNCc1ccc(N(Cc2cccs2)C2CC2)nn1. The van der Waals surface area contributed by atoms with E-state index in [4.69, 9.17) is 0 Å². The average molecular weight is 274 g/mol. The van der Waals surface area contributed by atoms with Gasteiger partial charge in [-0.3, -0.25) is 0 Å². The molecule has 2 aromatic rings. The van der Waals surface area contributed by atoms with Gasteiger partial charge in [0, 0.05) is 17.5 Å². The Bertz CT molecular complexity index is 505. The third kappa shape index (κ3) is 3.11. The summed E-state index contributed by atoms with van der Waals surface area (Å²) in [7, 11) is 1.92. The number of anilines is 1. The van der Waals surface area contributed by atoms with E-state index in [0.717, 1.165) is 24.6 Å². The van der Waals surface area contributed by atoms with Gasteiger partial charge in [0.05, 0.1) is 12.2 Å². The largest absolute Gasteiger partial charge is 0.347 e. The molecule has 0 spiro atoms. The maximum Gasteiger partial charge on any atom is 0.151 e.